The van der Waals surface area contributed by atoms with E-state index in [-0.39, 0.29) is 6.04 Å². The van der Waals surface area contributed by atoms with E-state index in [0.717, 1.165) is 16.1 Å². The van der Waals surface area contributed by atoms with Gasteiger partial charge >= 0.3 is 0 Å². The molecule has 0 aliphatic rings. The predicted octanol–water partition coefficient (Wildman–Crippen LogP) is 4.88. The average Bonchev–Trinajstić information content (AvgIpc) is 2.43. The van der Waals surface area contributed by atoms with E-state index in [2.05, 4.69) is 21.2 Å². The first kappa shape index (κ1) is 15.4. The molecule has 0 fully saturated rings. The van der Waals surface area contributed by atoms with E-state index in [0.29, 0.717) is 17.0 Å². The summed E-state index contributed by atoms with van der Waals surface area (Å²) in [6.45, 7) is 0. The van der Waals surface area contributed by atoms with Crippen molar-refractivity contribution in [1.29, 1.82) is 0 Å². The first-order valence-electron chi connectivity index (χ1n) is 6.07. The molecule has 1 nitrogen and oxygen atoms in total. The van der Waals surface area contributed by atoms with Crippen molar-refractivity contribution in [2.24, 2.45) is 0 Å². The Balaban J connectivity index is 2.28. The van der Waals surface area contributed by atoms with E-state index in [4.69, 9.17) is 11.6 Å². The Morgan fingerprint density at radius 3 is 2.55 bits per heavy atom. The second kappa shape index (κ2) is 6.66. The molecule has 0 amide bonds. The van der Waals surface area contributed by atoms with Crippen LogP contribution >= 0.6 is 27.5 Å². The minimum atomic E-state index is -0.838. The standard InChI is InChI=1S/C15H13BrClF2N/c1-20-15(11-8-10(16)3-4-12(11)17)7-9-2-5-13(18)14(19)6-9/h2-6,8,15,20H,7H2,1H3. The van der Waals surface area contributed by atoms with Crippen LogP contribution in [0.4, 0.5) is 8.78 Å². The van der Waals surface area contributed by atoms with Gasteiger partial charge in [0.1, 0.15) is 0 Å². The van der Waals surface area contributed by atoms with Gasteiger partial charge in [-0.1, -0.05) is 33.6 Å². The summed E-state index contributed by atoms with van der Waals surface area (Å²) < 4.78 is 27.1. The lowest BCUT2D eigenvalue weighted by molar-refractivity contribution is 0.504. The highest BCUT2D eigenvalue weighted by molar-refractivity contribution is 9.10. The van der Waals surface area contributed by atoms with Crippen LogP contribution in [-0.4, -0.2) is 7.05 Å². The van der Waals surface area contributed by atoms with Crippen molar-refractivity contribution in [3.05, 3.63) is 68.7 Å². The van der Waals surface area contributed by atoms with E-state index in [1.54, 1.807) is 12.1 Å². The molecule has 106 valence electrons. The summed E-state index contributed by atoms with van der Waals surface area (Å²) in [6, 6.07) is 9.43. The maximum atomic E-state index is 13.3. The normalized spacial score (nSPS) is 12.4. The van der Waals surface area contributed by atoms with E-state index in [1.165, 1.54) is 6.07 Å². The highest BCUT2D eigenvalue weighted by Crippen LogP contribution is 2.28. The number of likely N-dealkylation sites (N-methyl/N-ethyl adjacent to an activating group) is 1. The molecule has 2 rings (SSSR count). The van der Waals surface area contributed by atoms with Gasteiger partial charge < -0.3 is 5.32 Å². The van der Waals surface area contributed by atoms with Gasteiger partial charge in [0.2, 0.25) is 0 Å². The third-order valence-electron chi connectivity index (χ3n) is 3.11. The van der Waals surface area contributed by atoms with E-state index in [9.17, 15) is 8.78 Å². The van der Waals surface area contributed by atoms with Crippen LogP contribution in [-0.2, 0) is 6.42 Å². The topological polar surface area (TPSA) is 12.0 Å². The van der Waals surface area contributed by atoms with Gasteiger partial charge in [-0.3, -0.25) is 0 Å². The molecule has 0 aliphatic heterocycles. The second-order valence-electron chi connectivity index (χ2n) is 4.46. The van der Waals surface area contributed by atoms with Crippen LogP contribution in [0.5, 0.6) is 0 Å². The molecule has 0 bridgehead atoms. The maximum Gasteiger partial charge on any atom is 0.159 e. The molecule has 0 spiro atoms. The van der Waals surface area contributed by atoms with E-state index < -0.39 is 11.6 Å². The Hall–Kier alpha value is -0.970. The molecular weight excluding hydrogens is 348 g/mol. The molecule has 1 unspecified atom stereocenters. The molecule has 1 atom stereocenters. The minimum absolute atomic E-state index is 0.0788. The van der Waals surface area contributed by atoms with Crippen LogP contribution in [0.1, 0.15) is 17.2 Å². The molecule has 0 saturated heterocycles. The average molecular weight is 361 g/mol. The number of nitrogens with one attached hydrogen (secondary N) is 1. The molecule has 0 radical (unpaired) electrons. The largest absolute Gasteiger partial charge is 0.313 e. The Kier molecular flexibility index (Phi) is 5.13. The number of benzene rings is 2. The zero-order valence-corrected chi connectivity index (χ0v) is 13.1. The summed E-state index contributed by atoms with van der Waals surface area (Å²) >= 11 is 9.60. The highest BCUT2D eigenvalue weighted by atomic mass is 79.9. The minimum Gasteiger partial charge on any atom is -0.313 e. The fourth-order valence-corrected chi connectivity index (χ4v) is 2.68. The number of hydrogen-bond acceptors (Lipinski definition) is 1. The summed E-state index contributed by atoms with van der Waals surface area (Å²) in [5.41, 5.74) is 1.62. The van der Waals surface area contributed by atoms with Crippen molar-refractivity contribution >= 4 is 27.5 Å². The summed E-state index contributed by atoms with van der Waals surface area (Å²) in [4.78, 5) is 0. The van der Waals surface area contributed by atoms with Gasteiger partial charge in [0.05, 0.1) is 0 Å². The van der Waals surface area contributed by atoms with Crippen molar-refractivity contribution in [1.82, 2.24) is 5.32 Å². The third-order valence-corrected chi connectivity index (χ3v) is 3.94. The Morgan fingerprint density at radius 1 is 1.15 bits per heavy atom. The molecule has 2 aromatic rings. The van der Waals surface area contributed by atoms with Gasteiger partial charge in [0, 0.05) is 15.5 Å². The molecule has 0 aliphatic carbocycles. The fraction of sp³-hybridized carbons (Fsp3) is 0.200. The predicted molar refractivity (Wildman–Crippen MR) is 81.0 cm³/mol. The Labute approximate surface area is 130 Å². The monoisotopic (exact) mass is 359 g/mol. The molecule has 0 saturated carbocycles. The number of rotatable bonds is 4. The Bertz CT molecular complexity index is 619. The van der Waals surface area contributed by atoms with Crippen LogP contribution < -0.4 is 5.32 Å². The van der Waals surface area contributed by atoms with Gasteiger partial charge in [-0.05, 0) is 54.9 Å². The van der Waals surface area contributed by atoms with Crippen molar-refractivity contribution in [2.45, 2.75) is 12.5 Å². The van der Waals surface area contributed by atoms with Gasteiger partial charge in [0.15, 0.2) is 11.6 Å². The summed E-state index contributed by atoms with van der Waals surface area (Å²) in [6.07, 6.45) is 0.518. The van der Waals surface area contributed by atoms with Gasteiger partial charge in [-0.25, -0.2) is 8.78 Å². The molecule has 0 heterocycles. The molecule has 0 aromatic heterocycles. The van der Waals surface area contributed by atoms with Crippen molar-refractivity contribution in [2.75, 3.05) is 7.05 Å². The van der Waals surface area contributed by atoms with Crippen LogP contribution in [0.2, 0.25) is 5.02 Å². The summed E-state index contributed by atoms with van der Waals surface area (Å²) in [7, 11) is 1.81. The first-order valence-corrected chi connectivity index (χ1v) is 7.24. The molecular formula is C15H13BrClF2N. The molecule has 20 heavy (non-hydrogen) atoms. The quantitative estimate of drug-likeness (QED) is 0.819. The second-order valence-corrected chi connectivity index (χ2v) is 5.78. The smallest absolute Gasteiger partial charge is 0.159 e. The van der Waals surface area contributed by atoms with Crippen LogP contribution in [0, 0.1) is 11.6 Å². The van der Waals surface area contributed by atoms with Gasteiger partial charge in [0.25, 0.3) is 0 Å². The lowest BCUT2D eigenvalue weighted by Gasteiger charge is -2.18. The highest BCUT2D eigenvalue weighted by Gasteiger charge is 2.15. The van der Waals surface area contributed by atoms with Crippen molar-refractivity contribution < 1.29 is 8.78 Å². The van der Waals surface area contributed by atoms with Crippen LogP contribution in [0.3, 0.4) is 0 Å². The number of halogens is 4. The van der Waals surface area contributed by atoms with Gasteiger partial charge in [-0.15, -0.1) is 0 Å². The first-order chi connectivity index (χ1) is 9.51. The Morgan fingerprint density at radius 2 is 1.90 bits per heavy atom. The summed E-state index contributed by atoms with van der Waals surface area (Å²) in [5, 5.41) is 3.78. The SMILES string of the molecule is CNC(Cc1ccc(F)c(F)c1)c1cc(Br)ccc1Cl. The van der Waals surface area contributed by atoms with Gasteiger partial charge in [-0.2, -0.15) is 0 Å². The zero-order chi connectivity index (χ0) is 14.7. The summed E-state index contributed by atoms with van der Waals surface area (Å²) in [5.74, 6) is -1.67. The maximum absolute atomic E-state index is 13.3. The number of hydrogen-bond donors (Lipinski definition) is 1. The third kappa shape index (κ3) is 3.57. The fourth-order valence-electron chi connectivity index (χ4n) is 2.05. The molecule has 2 aromatic carbocycles. The van der Waals surface area contributed by atoms with Crippen LogP contribution in [0.25, 0.3) is 0 Å². The molecule has 5 heteroatoms. The van der Waals surface area contributed by atoms with Crippen molar-refractivity contribution in [3.63, 3.8) is 0 Å². The zero-order valence-electron chi connectivity index (χ0n) is 10.8. The van der Waals surface area contributed by atoms with E-state index in [1.807, 2.05) is 19.2 Å². The lowest BCUT2D eigenvalue weighted by Crippen LogP contribution is -2.19. The van der Waals surface area contributed by atoms with Crippen LogP contribution in [0.15, 0.2) is 40.9 Å². The lowest BCUT2D eigenvalue weighted by atomic mass is 9.99. The van der Waals surface area contributed by atoms with Crippen molar-refractivity contribution in [3.8, 4) is 0 Å². The van der Waals surface area contributed by atoms with E-state index >= 15 is 0 Å². The molecule has 1 N–H and O–H groups in total.